The maximum atomic E-state index is 9.94. The van der Waals surface area contributed by atoms with Crippen LogP contribution < -0.4 is 15.4 Å². The van der Waals surface area contributed by atoms with E-state index in [1.54, 1.807) is 14.0 Å². The van der Waals surface area contributed by atoms with Crippen molar-refractivity contribution < 1.29 is 14.6 Å². The van der Waals surface area contributed by atoms with E-state index in [-0.39, 0.29) is 0 Å². The zero-order valence-electron chi connectivity index (χ0n) is 20.4. The number of aryl methyl sites for hydroxylation is 2. The van der Waals surface area contributed by atoms with E-state index in [9.17, 15) is 5.11 Å². The van der Waals surface area contributed by atoms with Gasteiger partial charge < -0.3 is 19.9 Å². The lowest BCUT2D eigenvalue weighted by atomic mass is 10.0. The van der Waals surface area contributed by atoms with E-state index < -0.39 is 12.3 Å². The van der Waals surface area contributed by atoms with Crippen molar-refractivity contribution in [1.82, 2.24) is 19.7 Å². The zero-order chi connectivity index (χ0) is 24.2. The number of ether oxygens (including phenoxy) is 2. The van der Waals surface area contributed by atoms with Gasteiger partial charge in [-0.05, 0) is 71.2 Å². The predicted octanol–water partition coefficient (Wildman–Crippen LogP) is 4.09. The van der Waals surface area contributed by atoms with E-state index in [1.807, 2.05) is 31.2 Å². The van der Waals surface area contributed by atoms with Crippen LogP contribution in [0.1, 0.15) is 35.9 Å². The summed E-state index contributed by atoms with van der Waals surface area (Å²) in [5.41, 5.74) is 4.79. The minimum atomic E-state index is -0.664. The Morgan fingerprint density at radius 3 is 2.59 bits per heavy atom. The molecule has 182 valence electrons. The number of hydrogen-bond acceptors (Lipinski definition) is 9. The smallest absolute Gasteiger partial charge is 0.175 e. The molecule has 1 saturated heterocycles. The zero-order valence-corrected chi connectivity index (χ0v) is 21.2. The predicted molar refractivity (Wildman–Crippen MR) is 135 cm³/mol. The molecule has 3 aromatic rings. The monoisotopic (exact) mass is 483 g/mol. The van der Waals surface area contributed by atoms with Gasteiger partial charge in [0.1, 0.15) is 17.7 Å². The van der Waals surface area contributed by atoms with E-state index >= 15 is 0 Å². The summed E-state index contributed by atoms with van der Waals surface area (Å²) in [6.45, 7) is 9.36. The van der Waals surface area contributed by atoms with Crippen LogP contribution in [0.25, 0.3) is 22.6 Å². The SMILES string of the molecule is CNC(Oc1cccc(-c2nc(NC3CCOCC3)c(C)c(-c3c(C)nsc3C)n2)c1)C(C)O. The molecule has 34 heavy (non-hydrogen) atoms. The molecule has 1 aromatic carbocycles. The summed E-state index contributed by atoms with van der Waals surface area (Å²) >= 11 is 1.49. The average molecular weight is 484 g/mol. The van der Waals surface area contributed by atoms with Crippen LogP contribution in [-0.2, 0) is 4.74 Å². The molecule has 0 radical (unpaired) electrons. The fourth-order valence-electron chi connectivity index (χ4n) is 4.14. The molecular formula is C25H33N5O3S. The Morgan fingerprint density at radius 1 is 1.18 bits per heavy atom. The molecule has 0 spiro atoms. The number of hydrogen-bond donors (Lipinski definition) is 3. The minimum Gasteiger partial charge on any atom is -0.473 e. The third-order valence-corrected chi connectivity index (χ3v) is 6.90. The fourth-order valence-corrected chi connectivity index (χ4v) is 4.84. The molecule has 0 amide bonds. The van der Waals surface area contributed by atoms with Gasteiger partial charge in [-0.15, -0.1) is 0 Å². The normalized spacial score (nSPS) is 16.3. The van der Waals surface area contributed by atoms with E-state index in [2.05, 4.69) is 28.9 Å². The maximum absolute atomic E-state index is 9.94. The molecule has 1 aliphatic rings. The van der Waals surface area contributed by atoms with Gasteiger partial charge in [-0.25, -0.2) is 9.97 Å². The number of nitrogens with zero attached hydrogens (tertiary/aromatic N) is 3. The molecule has 2 aromatic heterocycles. The van der Waals surface area contributed by atoms with Crippen LogP contribution in [0.2, 0.25) is 0 Å². The molecule has 0 aliphatic carbocycles. The first-order valence-electron chi connectivity index (χ1n) is 11.7. The van der Waals surface area contributed by atoms with Crippen molar-refractivity contribution >= 4 is 17.4 Å². The van der Waals surface area contributed by atoms with Gasteiger partial charge in [-0.1, -0.05) is 12.1 Å². The third-order valence-electron chi connectivity index (χ3n) is 6.06. The largest absolute Gasteiger partial charge is 0.473 e. The van der Waals surface area contributed by atoms with Gasteiger partial charge in [-0.3, -0.25) is 5.32 Å². The Hall–Kier alpha value is -2.59. The van der Waals surface area contributed by atoms with Crippen molar-refractivity contribution in [3.05, 3.63) is 40.4 Å². The lowest BCUT2D eigenvalue weighted by molar-refractivity contribution is 0.0321. The molecular weight excluding hydrogens is 450 g/mol. The third kappa shape index (κ3) is 5.38. The molecule has 1 aliphatic heterocycles. The van der Waals surface area contributed by atoms with Gasteiger partial charge in [0.05, 0.1) is 11.4 Å². The summed E-state index contributed by atoms with van der Waals surface area (Å²) in [6.07, 6.45) is 0.710. The Balaban J connectivity index is 1.77. The number of benzene rings is 1. The van der Waals surface area contributed by atoms with Crippen LogP contribution >= 0.6 is 11.5 Å². The van der Waals surface area contributed by atoms with Crippen molar-refractivity contribution in [2.45, 2.75) is 58.9 Å². The van der Waals surface area contributed by atoms with Crippen molar-refractivity contribution in [3.63, 3.8) is 0 Å². The van der Waals surface area contributed by atoms with Gasteiger partial charge >= 0.3 is 0 Å². The molecule has 2 unspecified atom stereocenters. The molecule has 1 fully saturated rings. The second kappa shape index (κ2) is 10.8. The highest BCUT2D eigenvalue weighted by molar-refractivity contribution is 7.06. The lowest BCUT2D eigenvalue weighted by Crippen LogP contribution is -2.40. The summed E-state index contributed by atoms with van der Waals surface area (Å²) in [5, 5.41) is 16.6. The van der Waals surface area contributed by atoms with Crippen LogP contribution in [0.15, 0.2) is 24.3 Å². The molecule has 2 atom stereocenters. The van der Waals surface area contributed by atoms with E-state index in [0.29, 0.717) is 17.6 Å². The maximum Gasteiger partial charge on any atom is 0.175 e. The summed E-state index contributed by atoms with van der Waals surface area (Å²) in [4.78, 5) is 11.1. The topological polar surface area (TPSA) is 101 Å². The molecule has 0 bridgehead atoms. The number of anilines is 1. The van der Waals surface area contributed by atoms with E-state index in [4.69, 9.17) is 19.4 Å². The summed E-state index contributed by atoms with van der Waals surface area (Å²) in [6, 6.07) is 7.97. The van der Waals surface area contributed by atoms with Gasteiger partial charge in [-0.2, -0.15) is 4.37 Å². The van der Waals surface area contributed by atoms with E-state index in [1.165, 1.54) is 11.5 Å². The summed E-state index contributed by atoms with van der Waals surface area (Å²) in [7, 11) is 1.75. The number of likely N-dealkylation sites (N-methyl/N-ethyl adjacent to an activating group) is 1. The second-order valence-electron chi connectivity index (χ2n) is 8.70. The molecule has 3 N–H and O–H groups in total. The van der Waals surface area contributed by atoms with Gasteiger partial charge in [0.25, 0.3) is 0 Å². The Labute approximate surface area is 204 Å². The average Bonchev–Trinajstić information content (AvgIpc) is 3.17. The van der Waals surface area contributed by atoms with Crippen LogP contribution in [0.5, 0.6) is 5.75 Å². The minimum absolute atomic E-state index is 0.308. The first kappa shape index (κ1) is 24.5. The van der Waals surface area contributed by atoms with Gasteiger partial charge in [0.15, 0.2) is 12.1 Å². The number of aliphatic hydroxyl groups is 1. The van der Waals surface area contributed by atoms with Crippen LogP contribution in [0, 0.1) is 20.8 Å². The highest BCUT2D eigenvalue weighted by Crippen LogP contribution is 2.35. The number of rotatable bonds is 8. The first-order chi connectivity index (χ1) is 16.4. The Kier molecular flexibility index (Phi) is 7.77. The summed E-state index contributed by atoms with van der Waals surface area (Å²) in [5.74, 6) is 2.08. The first-order valence-corrected chi connectivity index (χ1v) is 12.4. The lowest BCUT2D eigenvalue weighted by Gasteiger charge is -2.25. The van der Waals surface area contributed by atoms with Gasteiger partial charge in [0, 0.05) is 40.8 Å². The second-order valence-corrected chi connectivity index (χ2v) is 9.67. The molecule has 8 nitrogen and oxygen atoms in total. The van der Waals surface area contributed by atoms with Gasteiger partial charge in [0.2, 0.25) is 0 Å². The fraction of sp³-hybridized carbons (Fsp3) is 0.480. The van der Waals surface area contributed by atoms with Crippen LogP contribution in [0.4, 0.5) is 5.82 Å². The van der Waals surface area contributed by atoms with Crippen molar-refractivity contribution in [1.29, 1.82) is 0 Å². The molecule has 3 heterocycles. The van der Waals surface area contributed by atoms with Crippen molar-refractivity contribution in [2.24, 2.45) is 0 Å². The summed E-state index contributed by atoms with van der Waals surface area (Å²) < 4.78 is 16.0. The van der Waals surface area contributed by atoms with Crippen LogP contribution in [-0.4, -0.2) is 58.1 Å². The van der Waals surface area contributed by atoms with Crippen molar-refractivity contribution in [2.75, 3.05) is 25.6 Å². The number of nitrogens with one attached hydrogen (secondary N) is 2. The number of aliphatic hydroxyl groups excluding tert-OH is 1. The quantitative estimate of drug-likeness (QED) is 0.412. The molecule has 0 saturated carbocycles. The Bertz CT molecular complexity index is 1110. The molecule has 9 heteroatoms. The highest BCUT2D eigenvalue weighted by atomic mass is 32.1. The standard InChI is InChI=1S/C25H33N5O3S/c1-14-22(21-15(2)30-34-17(21)4)28-24(29-23(14)27-19-9-11-32-12-10-19)18-7-6-8-20(13-18)33-25(26-5)16(3)31/h6-8,13,16,19,25-26,31H,9-12H2,1-5H3,(H,27,28,29). The highest BCUT2D eigenvalue weighted by Gasteiger charge is 2.22. The molecule has 4 rings (SSSR count). The van der Waals surface area contributed by atoms with E-state index in [0.717, 1.165) is 64.8 Å². The Morgan fingerprint density at radius 2 is 1.94 bits per heavy atom. The van der Waals surface area contributed by atoms with Crippen molar-refractivity contribution in [3.8, 4) is 28.4 Å². The van der Waals surface area contributed by atoms with Crippen LogP contribution in [0.3, 0.4) is 0 Å². The number of aromatic nitrogens is 3.